The number of piperidine rings is 1. The molecule has 15 heavy (non-hydrogen) atoms. The average Bonchev–Trinajstić information content (AvgIpc) is 1.98. The lowest BCUT2D eigenvalue weighted by molar-refractivity contribution is 0.0182. The molecule has 0 aromatic heterocycles. The number of halogens is 1. The Hall–Kier alpha value is -0.250. The molecule has 1 amide bonds. The Balaban J connectivity index is 2.52. The highest BCUT2D eigenvalue weighted by molar-refractivity contribution is 9.09. The van der Waals surface area contributed by atoms with Gasteiger partial charge in [-0.05, 0) is 33.1 Å². The Bertz CT molecular complexity index is 227. The first kappa shape index (κ1) is 12.8. The molecule has 2 atom stereocenters. The van der Waals surface area contributed by atoms with Crippen molar-refractivity contribution < 1.29 is 9.53 Å². The molecule has 0 saturated carbocycles. The molecule has 3 nitrogen and oxygen atoms in total. The number of likely N-dealkylation sites (tertiary alicyclic amines) is 1. The van der Waals surface area contributed by atoms with Crippen molar-refractivity contribution in [1.29, 1.82) is 0 Å². The summed E-state index contributed by atoms with van der Waals surface area (Å²) in [5.74, 6) is 0.538. The Kier molecular flexibility index (Phi) is 4.04. The third-order valence-electron chi connectivity index (χ3n) is 2.26. The molecule has 0 aromatic rings. The van der Waals surface area contributed by atoms with Gasteiger partial charge in [0.05, 0.1) is 0 Å². The first-order valence-electron chi connectivity index (χ1n) is 5.40. The summed E-state index contributed by atoms with van der Waals surface area (Å²) in [5.41, 5.74) is -0.403. The minimum absolute atomic E-state index is 0.196. The van der Waals surface area contributed by atoms with E-state index >= 15 is 0 Å². The summed E-state index contributed by atoms with van der Waals surface area (Å²) in [4.78, 5) is 14.0. The number of hydrogen-bond acceptors (Lipinski definition) is 2. The summed E-state index contributed by atoms with van der Waals surface area (Å²) >= 11 is 3.57. The smallest absolute Gasteiger partial charge is 0.410 e. The number of ether oxygens (including phenoxy) is 1. The third-order valence-corrected chi connectivity index (χ3v) is 2.92. The lowest BCUT2D eigenvalue weighted by Crippen LogP contribution is -2.45. The van der Waals surface area contributed by atoms with Gasteiger partial charge in [-0.3, -0.25) is 0 Å². The van der Waals surface area contributed by atoms with Crippen LogP contribution in [0.2, 0.25) is 0 Å². The van der Waals surface area contributed by atoms with Crippen LogP contribution in [-0.2, 0) is 4.74 Å². The molecule has 0 aromatic carbocycles. The normalized spacial score (nSPS) is 27.7. The van der Waals surface area contributed by atoms with Crippen molar-refractivity contribution in [3.8, 4) is 0 Å². The fraction of sp³-hybridized carbons (Fsp3) is 0.909. The zero-order chi connectivity index (χ0) is 11.6. The van der Waals surface area contributed by atoms with E-state index in [0.29, 0.717) is 10.7 Å². The van der Waals surface area contributed by atoms with Gasteiger partial charge >= 0.3 is 6.09 Å². The zero-order valence-electron chi connectivity index (χ0n) is 9.92. The lowest BCUT2D eigenvalue weighted by atomic mass is 10.0. The Morgan fingerprint density at radius 1 is 1.40 bits per heavy atom. The van der Waals surface area contributed by atoms with Crippen molar-refractivity contribution in [3.63, 3.8) is 0 Å². The highest BCUT2D eigenvalue weighted by atomic mass is 79.9. The molecule has 0 radical (unpaired) electrons. The van der Waals surface area contributed by atoms with Crippen LogP contribution in [0, 0.1) is 5.92 Å². The van der Waals surface area contributed by atoms with E-state index < -0.39 is 5.60 Å². The number of amides is 1. The number of alkyl halides is 1. The third kappa shape index (κ3) is 4.41. The van der Waals surface area contributed by atoms with Gasteiger partial charge in [-0.1, -0.05) is 22.9 Å². The van der Waals surface area contributed by atoms with Crippen molar-refractivity contribution in [3.05, 3.63) is 0 Å². The molecular weight excluding hydrogens is 258 g/mol. The molecule has 0 spiro atoms. The number of rotatable bonds is 0. The van der Waals surface area contributed by atoms with Gasteiger partial charge in [-0.25, -0.2) is 4.79 Å². The van der Waals surface area contributed by atoms with Crippen LogP contribution in [0.1, 0.15) is 34.1 Å². The van der Waals surface area contributed by atoms with Gasteiger partial charge in [-0.2, -0.15) is 0 Å². The second-order valence-corrected chi connectivity index (χ2v) is 6.62. The molecule has 1 unspecified atom stereocenters. The standard InChI is InChI=1S/C11H20BrNO2/c1-8-5-9(12)7-13(6-8)10(14)15-11(2,3)4/h8-9H,5-7H2,1-4H3/t8-,9?/m0/s1. The van der Waals surface area contributed by atoms with E-state index in [0.717, 1.165) is 19.5 Å². The first-order chi connectivity index (χ1) is 6.78. The molecule has 1 fully saturated rings. The maximum absolute atomic E-state index is 11.8. The average molecular weight is 278 g/mol. The van der Waals surface area contributed by atoms with Crippen LogP contribution in [0.15, 0.2) is 0 Å². The summed E-state index contributed by atoms with van der Waals surface area (Å²) in [6, 6.07) is 0. The second kappa shape index (κ2) is 4.73. The van der Waals surface area contributed by atoms with E-state index in [9.17, 15) is 4.79 Å². The largest absolute Gasteiger partial charge is 0.444 e. The predicted molar refractivity (Wildman–Crippen MR) is 64.3 cm³/mol. The van der Waals surface area contributed by atoms with E-state index in [1.165, 1.54) is 0 Å². The summed E-state index contributed by atoms with van der Waals surface area (Å²) in [5, 5.41) is 0. The van der Waals surface area contributed by atoms with Gasteiger partial charge in [0.15, 0.2) is 0 Å². The predicted octanol–water partition coefficient (Wildman–Crippen LogP) is 3.03. The summed E-state index contributed by atoms with van der Waals surface area (Å²) in [6.45, 7) is 9.39. The van der Waals surface area contributed by atoms with Gasteiger partial charge in [-0.15, -0.1) is 0 Å². The molecule has 1 aliphatic rings. The molecule has 0 N–H and O–H groups in total. The van der Waals surface area contributed by atoms with Crippen LogP contribution >= 0.6 is 15.9 Å². The van der Waals surface area contributed by atoms with Crippen LogP contribution in [0.5, 0.6) is 0 Å². The summed E-state index contributed by atoms with van der Waals surface area (Å²) in [7, 11) is 0. The maximum atomic E-state index is 11.8. The minimum Gasteiger partial charge on any atom is -0.444 e. The Labute approximate surface area is 100 Å². The molecule has 1 aliphatic heterocycles. The van der Waals surface area contributed by atoms with Crippen LogP contribution in [0.25, 0.3) is 0 Å². The van der Waals surface area contributed by atoms with E-state index in [2.05, 4.69) is 22.9 Å². The van der Waals surface area contributed by atoms with Gasteiger partial charge in [0, 0.05) is 17.9 Å². The van der Waals surface area contributed by atoms with E-state index in [1.807, 2.05) is 20.8 Å². The molecule has 0 aliphatic carbocycles. The fourth-order valence-corrected chi connectivity index (χ4v) is 2.74. The van der Waals surface area contributed by atoms with Gasteiger partial charge in [0.1, 0.15) is 5.60 Å². The molecule has 1 rings (SSSR count). The molecule has 1 heterocycles. The van der Waals surface area contributed by atoms with E-state index in [-0.39, 0.29) is 6.09 Å². The van der Waals surface area contributed by atoms with Crippen molar-refractivity contribution in [2.24, 2.45) is 5.92 Å². The van der Waals surface area contributed by atoms with E-state index in [1.54, 1.807) is 4.90 Å². The second-order valence-electron chi connectivity index (χ2n) is 5.32. The molecule has 4 heteroatoms. The molecular formula is C11H20BrNO2. The first-order valence-corrected chi connectivity index (χ1v) is 6.31. The van der Waals surface area contributed by atoms with Crippen LogP contribution < -0.4 is 0 Å². The molecule has 1 saturated heterocycles. The highest BCUT2D eigenvalue weighted by Crippen LogP contribution is 2.23. The SMILES string of the molecule is C[C@H]1CC(Br)CN(C(=O)OC(C)(C)C)C1. The van der Waals surface area contributed by atoms with Gasteiger partial charge < -0.3 is 9.64 Å². The quantitative estimate of drug-likeness (QED) is 0.637. The Morgan fingerprint density at radius 3 is 2.47 bits per heavy atom. The summed E-state index contributed by atoms with van der Waals surface area (Å²) < 4.78 is 5.34. The van der Waals surface area contributed by atoms with Gasteiger partial charge in [0.25, 0.3) is 0 Å². The number of nitrogens with zero attached hydrogens (tertiary/aromatic N) is 1. The van der Waals surface area contributed by atoms with Gasteiger partial charge in [0.2, 0.25) is 0 Å². The van der Waals surface area contributed by atoms with E-state index in [4.69, 9.17) is 4.74 Å². The summed E-state index contributed by atoms with van der Waals surface area (Å²) in [6.07, 6.45) is 0.928. The monoisotopic (exact) mass is 277 g/mol. The molecule has 88 valence electrons. The lowest BCUT2D eigenvalue weighted by Gasteiger charge is -2.35. The van der Waals surface area contributed by atoms with Crippen molar-refractivity contribution >= 4 is 22.0 Å². The highest BCUT2D eigenvalue weighted by Gasteiger charge is 2.29. The zero-order valence-corrected chi connectivity index (χ0v) is 11.5. The van der Waals surface area contributed by atoms with Crippen molar-refractivity contribution in [1.82, 2.24) is 4.90 Å². The van der Waals surface area contributed by atoms with Crippen molar-refractivity contribution in [2.45, 2.75) is 44.5 Å². The van der Waals surface area contributed by atoms with Crippen LogP contribution in [0.4, 0.5) is 4.79 Å². The van der Waals surface area contributed by atoms with Crippen LogP contribution in [-0.4, -0.2) is 34.5 Å². The number of carbonyl (C=O) groups is 1. The molecule has 0 bridgehead atoms. The van der Waals surface area contributed by atoms with Crippen LogP contribution in [0.3, 0.4) is 0 Å². The fourth-order valence-electron chi connectivity index (χ4n) is 1.75. The number of carbonyl (C=O) groups excluding carboxylic acids is 1. The number of hydrogen-bond donors (Lipinski definition) is 0. The van der Waals surface area contributed by atoms with Crippen molar-refractivity contribution in [2.75, 3.05) is 13.1 Å². The topological polar surface area (TPSA) is 29.5 Å². The Morgan fingerprint density at radius 2 is 2.00 bits per heavy atom. The maximum Gasteiger partial charge on any atom is 0.410 e. The minimum atomic E-state index is -0.403.